The smallest absolute Gasteiger partial charge is 0.257 e. The first-order valence-electron chi connectivity index (χ1n) is 7.74. The Bertz CT molecular complexity index is 418. The molecule has 0 aromatic heterocycles. The van der Waals surface area contributed by atoms with Gasteiger partial charge in [-0.1, -0.05) is 39.7 Å². The third kappa shape index (κ3) is 8.23. The van der Waals surface area contributed by atoms with Crippen LogP contribution in [0.1, 0.15) is 40.0 Å². The number of unbranched alkanes of at least 4 members (excludes halogenated alkanes) is 2. The molecular weight excluding hydrogens is 266 g/mol. The number of nitrogens with one attached hydrogen (secondary N) is 1. The van der Waals surface area contributed by atoms with Crippen molar-refractivity contribution in [1.29, 1.82) is 0 Å². The van der Waals surface area contributed by atoms with Gasteiger partial charge in [0.25, 0.3) is 5.91 Å². The fraction of sp³-hybridized carbons (Fsp3) is 0.588. The minimum atomic E-state index is -0.0991. The molecule has 1 aromatic rings. The summed E-state index contributed by atoms with van der Waals surface area (Å²) in [6, 6.07) is 7.42. The van der Waals surface area contributed by atoms with E-state index < -0.39 is 0 Å². The van der Waals surface area contributed by atoms with Crippen LogP contribution < -0.4 is 14.8 Å². The van der Waals surface area contributed by atoms with Gasteiger partial charge in [0.2, 0.25) is 0 Å². The molecule has 118 valence electrons. The molecule has 1 rings (SSSR count). The molecule has 0 heterocycles. The van der Waals surface area contributed by atoms with Gasteiger partial charge in [0.1, 0.15) is 11.5 Å². The quantitative estimate of drug-likeness (QED) is 0.673. The zero-order valence-electron chi connectivity index (χ0n) is 13.4. The lowest BCUT2D eigenvalue weighted by molar-refractivity contribution is -0.123. The number of benzene rings is 1. The van der Waals surface area contributed by atoms with E-state index in [1.165, 1.54) is 12.8 Å². The molecule has 0 aliphatic carbocycles. The predicted molar refractivity (Wildman–Crippen MR) is 84.8 cm³/mol. The summed E-state index contributed by atoms with van der Waals surface area (Å²) in [6.07, 6.45) is 3.41. The van der Waals surface area contributed by atoms with Gasteiger partial charge in [-0.05, 0) is 24.5 Å². The van der Waals surface area contributed by atoms with E-state index in [1.54, 1.807) is 0 Å². The van der Waals surface area contributed by atoms with E-state index >= 15 is 0 Å². The van der Waals surface area contributed by atoms with Gasteiger partial charge in [0, 0.05) is 12.6 Å². The molecule has 0 aliphatic heterocycles. The fourth-order valence-corrected chi connectivity index (χ4v) is 1.71. The van der Waals surface area contributed by atoms with Crippen LogP contribution in [0.2, 0.25) is 0 Å². The second kappa shape index (κ2) is 10.1. The van der Waals surface area contributed by atoms with Crippen LogP contribution in [0.5, 0.6) is 11.5 Å². The van der Waals surface area contributed by atoms with Crippen molar-refractivity contribution in [3.63, 3.8) is 0 Å². The van der Waals surface area contributed by atoms with E-state index in [1.807, 2.05) is 24.3 Å². The van der Waals surface area contributed by atoms with Crippen LogP contribution in [0.3, 0.4) is 0 Å². The highest BCUT2D eigenvalue weighted by Crippen LogP contribution is 2.19. The molecule has 0 saturated carbocycles. The Morgan fingerprint density at radius 1 is 1.19 bits per heavy atom. The van der Waals surface area contributed by atoms with Crippen LogP contribution in [0.25, 0.3) is 0 Å². The highest BCUT2D eigenvalue weighted by Gasteiger charge is 2.04. The number of carbonyl (C=O) groups excluding carboxylic acids is 1. The monoisotopic (exact) mass is 293 g/mol. The number of carbonyl (C=O) groups is 1. The Morgan fingerprint density at radius 3 is 2.57 bits per heavy atom. The molecule has 0 fully saturated rings. The normalized spacial score (nSPS) is 10.5. The highest BCUT2D eigenvalue weighted by atomic mass is 16.5. The summed E-state index contributed by atoms with van der Waals surface area (Å²) in [5.74, 6) is 1.78. The van der Waals surface area contributed by atoms with Crippen molar-refractivity contribution in [2.45, 2.75) is 40.0 Å². The van der Waals surface area contributed by atoms with Crippen LogP contribution in [0.15, 0.2) is 24.3 Å². The molecule has 0 aliphatic rings. The highest BCUT2D eigenvalue weighted by molar-refractivity contribution is 5.77. The van der Waals surface area contributed by atoms with Gasteiger partial charge >= 0.3 is 0 Å². The lowest BCUT2D eigenvalue weighted by atomic mass is 10.2. The average Bonchev–Trinajstić information content (AvgIpc) is 2.48. The number of ether oxygens (including phenoxy) is 2. The second-order valence-electron chi connectivity index (χ2n) is 5.52. The maximum absolute atomic E-state index is 11.6. The molecule has 0 unspecified atom stereocenters. The molecule has 1 N–H and O–H groups in total. The summed E-state index contributed by atoms with van der Waals surface area (Å²) < 4.78 is 11.1. The zero-order chi connectivity index (χ0) is 15.5. The van der Waals surface area contributed by atoms with Gasteiger partial charge in [-0.3, -0.25) is 4.79 Å². The minimum Gasteiger partial charge on any atom is -0.493 e. The summed E-state index contributed by atoms with van der Waals surface area (Å²) in [5.41, 5.74) is 0. The number of hydrogen-bond donors (Lipinski definition) is 1. The largest absolute Gasteiger partial charge is 0.493 e. The van der Waals surface area contributed by atoms with Gasteiger partial charge in [-0.15, -0.1) is 0 Å². The molecule has 0 radical (unpaired) electrons. The molecule has 1 aromatic carbocycles. The Morgan fingerprint density at radius 2 is 1.90 bits per heavy atom. The molecule has 0 bridgehead atoms. The lowest BCUT2D eigenvalue weighted by Gasteiger charge is -2.10. The fourth-order valence-electron chi connectivity index (χ4n) is 1.71. The van der Waals surface area contributed by atoms with Crippen LogP contribution in [0, 0.1) is 5.92 Å². The Hall–Kier alpha value is -1.71. The van der Waals surface area contributed by atoms with E-state index in [0.717, 1.165) is 12.2 Å². The van der Waals surface area contributed by atoms with Crippen molar-refractivity contribution in [2.24, 2.45) is 5.92 Å². The standard InChI is InChI=1S/C17H27NO3/c1-4-5-6-10-20-15-8-7-9-16(11-15)21-13-17(19)18-12-14(2)3/h7-9,11,14H,4-6,10,12-13H2,1-3H3,(H,18,19). The van der Waals surface area contributed by atoms with Crippen molar-refractivity contribution in [1.82, 2.24) is 5.32 Å². The van der Waals surface area contributed by atoms with Crippen molar-refractivity contribution in [2.75, 3.05) is 19.8 Å². The second-order valence-corrected chi connectivity index (χ2v) is 5.52. The maximum Gasteiger partial charge on any atom is 0.257 e. The SMILES string of the molecule is CCCCCOc1cccc(OCC(=O)NCC(C)C)c1. The molecule has 4 nitrogen and oxygen atoms in total. The van der Waals surface area contributed by atoms with Crippen LogP contribution in [-0.4, -0.2) is 25.7 Å². The van der Waals surface area contributed by atoms with Gasteiger partial charge in [0.15, 0.2) is 6.61 Å². The lowest BCUT2D eigenvalue weighted by Crippen LogP contribution is -2.31. The number of amides is 1. The van der Waals surface area contributed by atoms with Gasteiger partial charge < -0.3 is 14.8 Å². The molecule has 0 atom stereocenters. The van der Waals surface area contributed by atoms with Crippen molar-refractivity contribution in [3.8, 4) is 11.5 Å². The summed E-state index contributed by atoms with van der Waals surface area (Å²) in [4.78, 5) is 11.6. The van der Waals surface area contributed by atoms with Crippen LogP contribution >= 0.6 is 0 Å². The summed E-state index contributed by atoms with van der Waals surface area (Å²) in [7, 11) is 0. The average molecular weight is 293 g/mol. The third-order valence-corrected chi connectivity index (χ3v) is 2.90. The van der Waals surface area contributed by atoms with Gasteiger partial charge in [-0.2, -0.15) is 0 Å². The predicted octanol–water partition coefficient (Wildman–Crippen LogP) is 3.41. The first-order valence-corrected chi connectivity index (χ1v) is 7.74. The first-order chi connectivity index (χ1) is 10.1. The molecular formula is C17H27NO3. The van der Waals surface area contributed by atoms with Crippen molar-refractivity contribution < 1.29 is 14.3 Å². The van der Waals surface area contributed by atoms with E-state index in [-0.39, 0.29) is 12.5 Å². The molecule has 21 heavy (non-hydrogen) atoms. The maximum atomic E-state index is 11.6. The van der Waals surface area contributed by atoms with Crippen molar-refractivity contribution in [3.05, 3.63) is 24.3 Å². The van der Waals surface area contributed by atoms with Gasteiger partial charge in [-0.25, -0.2) is 0 Å². The summed E-state index contributed by atoms with van der Waals surface area (Å²) in [5, 5.41) is 2.82. The van der Waals surface area contributed by atoms with Crippen LogP contribution in [-0.2, 0) is 4.79 Å². The zero-order valence-corrected chi connectivity index (χ0v) is 13.4. The van der Waals surface area contributed by atoms with E-state index in [2.05, 4.69) is 26.1 Å². The summed E-state index contributed by atoms with van der Waals surface area (Å²) >= 11 is 0. The molecule has 4 heteroatoms. The van der Waals surface area contributed by atoms with E-state index in [9.17, 15) is 4.79 Å². The molecule has 1 amide bonds. The van der Waals surface area contributed by atoms with E-state index in [0.29, 0.717) is 24.8 Å². The van der Waals surface area contributed by atoms with Crippen molar-refractivity contribution >= 4 is 5.91 Å². The Labute approximate surface area is 127 Å². The first kappa shape index (κ1) is 17.3. The molecule has 0 spiro atoms. The topological polar surface area (TPSA) is 47.6 Å². The van der Waals surface area contributed by atoms with Gasteiger partial charge in [0.05, 0.1) is 6.61 Å². The number of rotatable bonds is 10. The Balaban J connectivity index is 2.33. The number of hydrogen-bond acceptors (Lipinski definition) is 3. The van der Waals surface area contributed by atoms with E-state index in [4.69, 9.17) is 9.47 Å². The molecule has 0 saturated heterocycles. The minimum absolute atomic E-state index is 0.0337. The summed E-state index contributed by atoms with van der Waals surface area (Å²) in [6.45, 7) is 7.70. The Kier molecular flexibility index (Phi) is 8.32. The third-order valence-electron chi connectivity index (χ3n) is 2.90. The van der Waals surface area contributed by atoms with Crippen LogP contribution in [0.4, 0.5) is 0 Å².